The second-order valence-electron chi connectivity index (χ2n) is 4.38. The number of aromatic nitrogens is 2. The topological polar surface area (TPSA) is 43.8 Å². The third kappa shape index (κ3) is 3.41. The van der Waals surface area contributed by atoms with Gasteiger partial charge in [0.2, 0.25) is 0 Å². The third-order valence-corrected chi connectivity index (χ3v) is 4.90. The quantitative estimate of drug-likeness (QED) is 0.843. The number of halogens is 1. The number of hydrogen-bond donors (Lipinski definition) is 1. The molecule has 1 aromatic heterocycles. The fourth-order valence-corrected chi connectivity index (χ4v) is 3.55. The Kier molecular flexibility index (Phi) is 5.07. The van der Waals surface area contributed by atoms with E-state index in [0.717, 1.165) is 22.5 Å². The van der Waals surface area contributed by atoms with Gasteiger partial charge in [0.05, 0.1) is 22.4 Å². The van der Waals surface area contributed by atoms with Crippen molar-refractivity contribution in [2.24, 2.45) is 5.73 Å². The minimum absolute atomic E-state index is 0.0265. The Hall–Kier alpha value is -0.780. The van der Waals surface area contributed by atoms with Crippen molar-refractivity contribution in [3.05, 3.63) is 46.2 Å². The molecular weight excluding hydrogens is 322 g/mol. The fourth-order valence-electron chi connectivity index (χ4n) is 1.97. The first kappa shape index (κ1) is 14.6. The van der Waals surface area contributed by atoms with Gasteiger partial charge in [0, 0.05) is 17.2 Å². The van der Waals surface area contributed by atoms with Crippen molar-refractivity contribution in [3.8, 4) is 0 Å². The molecule has 0 radical (unpaired) electrons. The second-order valence-corrected chi connectivity index (χ2v) is 6.29. The standard InChI is InChI=1S/C14H18BrN3S/c1-3-18-14(11(15)8-17-18)12(16)9-19-13-7-5-4-6-10(13)2/h4-8,12H,3,9,16H2,1-2H3. The average molecular weight is 340 g/mol. The van der Waals surface area contributed by atoms with Crippen LogP contribution >= 0.6 is 27.7 Å². The molecule has 1 heterocycles. The van der Waals surface area contributed by atoms with Gasteiger partial charge in [-0.2, -0.15) is 5.10 Å². The summed E-state index contributed by atoms with van der Waals surface area (Å²) in [7, 11) is 0. The lowest BCUT2D eigenvalue weighted by atomic mass is 10.2. The molecule has 0 saturated carbocycles. The first-order valence-electron chi connectivity index (χ1n) is 6.28. The van der Waals surface area contributed by atoms with Crippen LogP contribution < -0.4 is 5.73 Å². The minimum Gasteiger partial charge on any atom is -0.322 e. The van der Waals surface area contributed by atoms with Crippen LogP contribution in [0, 0.1) is 6.92 Å². The molecule has 0 bridgehead atoms. The third-order valence-electron chi connectivity index (χ3n) is 3.00. The molecule has 3 nitrogen and oxygen atoms in total. The Morgan fingerprint density at radius 3 is 2.84 bits per heavy atom. The monoisotopic (exact) mass is 339 g/mol. The molecule has 102 valence electrons. The molecule has 0 aliphatic carbocycles. The lowest BCUT2D eigenvalue weighted by Gasteiger charge is -2.14. The van der Waals surface area contributed by atoms with E-state index >= 15 is 0 Å². The van der Waals surface area contributed by atoms with E-state index in [1.54, 1.807) is 11.8 Å². The minimum atomic E-state index is -0.0265. The van der Waals surface area contributed by atoms with Crippen molar-refractivity contribution in [2.75, 3.05) is 5.75 Å². The zero-order chi connectivity index (χ0) is 13.8. The largest absolute Gasteiger partial charge is 0.322 e. The molecule has 2 rings (SSSR count). The molecule has 0 saturated heterocycles. The van der Waals surface area contributed by atoms with Gasteiger partial charge < -0.3 is 5.73 Å². The number of aryl methyl sites for hydroxylation is 2. The summed E-state index contributed by atoms with van der Waals surface area (Å²) < 4.78 is 2.94. The fraction of sp³-hybridized carbons (Fsp3) is 0.357. The normalized spacial score (nSPS) is 12.6. The Morgan fingerprint density at radius 1 is 1.42 bits per heavy atom. The van der Waals surface area contributed by atoms with E-state index in [4.69, 9.17) is 5.73 Å². The van der Waals surface area contributed by atoms with Gasteiger partial charge in [-0.3, -0.25) is 4.68 Å². The molecule has 2 aromatic rings. The molecule has 5 heteroatoms. The van der Waals surface area contributed by atoms with Gasteiger partial charge in [-0.15, -0.1) is 11.8 Å². The van der Waals surface area contributed by atoms with Gasteiger partial charge in [-0.05, 0) is 41.4 Å². The average Bonchev–Trinajstić information content (AvgIpc) is 2.78. The van der Waals surface area contributed by atoms with Crippen molar-refractivity contribution in [2.45, 2.75) is 31.3 Å². The number of hydrogen-bond acceptors (Lipinski definition) is 3. The van der Waals surface area contributed by atoms with Crippen molar-refractivity contribution < 1.29 is 0 Å². The molecule has 2 N–H and O–H groups in total. The summed E-state index contributed by atoms with van der Waals surface area (Å²) in [5.41, 5.74) is 8.67. The Labute approximate surface area is 126 Å². The van der Waals surface area contributed by atoms with Crippen LogP contribution in [0.25, 0.3) is 0 Å². The molecule has 0 fully saturated rings. The highest BCUT2D eigenvalue weighted by Crippen LogP contribution is 2.29. The molecule has 19 heavy (non-hydrogen) atoms. The van der Waals surface area contributed by atoms with Gasteiger partial charge in [-0.1, -0.05) is 18.2 Å². The van der Waals surface area contributed by atoms with Gasteiger partial charge in [0.15, 0.2) is 0 Å². The van der Waals surface area contributed by atoms with E-state index in [1.165, 1.54) is 10.5 Å². The summed E-state index contributed by atoms with van der Waals surface area (Å²) in [4.78, 5) is 1.29. The predicted molar refractivity (Wildman–Crippen MR) is 84.4 cm³/mol. The van der Waals surface area contributed by atoms with E-state index in [1.807, 2.05) is 10.9 Å². The first-order chi connectivity index (χ1) is 9.13. The van der Waals surface area contributed by atoms with Crippen LogP contribution in [0.5, 0.6) is 0 Å². The maximum absolute atomic E-state index is 6.30. The highest BCUT2D eigenvalue weighted by atomic mass is 79.9. The van der Waals surface area contributed by atoms with Gasteiger partial charge >= 0.3 is 0 Å². The first-order valence-corrected chi connectivity index (χ1v) is 8.06. The van der Waals surface area contributed by atoms with Crippen LogP contribution in [0.4, 0.5) is 0 Å². The van der Waals surface area contributed by atoms with Crippen LogP contribution in [0.1, 0.15) is 24.2 Å². The zero-order valence-corrected chi connectivity index (χ0v) is 13.5. The Balaban J connectivity index is 2.07. The highest BCUT2D eigenvalue weighted by molar-refractivity contribution is 9.10. The van der Waals surface area contributed by atoms with Crippen molar-refractivity contribution >= 4 is 27.7 Å². The lowest BCUT2D eigenvalue weighted by molar-refractivity contribution is 0.591. The van der Waals surface area contributed by atoms with Crippen molar-refractivity contribution in [1.82, 2.24) is 9.78 Å². The number of benzene rings is 1. The van der Waals surface area contributed by atoms with E-state index in [-0.39, 0.29) is 6.04 Å². The van der Waals surface area contributed by atoms with Crippen LogP contribution in [-0.2, 0) is 6.54 Å². The zero-order valence-electron chi connectivity index (χ0n) is 11.1. The molecule has 0 amide bonds. The van der Waals surface area contributed by atoms with Crippen molar-refractivity contribution in [1.29, 1.82) is 0 Å². The van der Waals surface area contributed by atoms with E-state index in [0.29, 0.717) is 0 Å². The second kappa shape index (κ2) is 6.59. The number of thioether (sulfide) groups is 1. The summed E-state index contributed by atoms with van der Waals surface area (Å²) >= 11 is 5.32. The lowest BCUT2D eigenvalue weighted by Crippen LogP contribution is -2.18. The maximum atomic E-state index is 6.30. The molecule has 1 atom stereocenters. The van der Waals surface area contributed by atoms with Crippen LogP contribution in [-0.4, -0.2) is 15.5 Å². The summed E-state index contributed by atoms with van der Waals surface area (Å²) in [5.74, 6) is 0.842. The molecule has 1 aromatic carbocycles. The summed E-state index contributed by atoms with van der Waals surface area (Å²) in [6.45, 7) is 5.04. The SMILES string of the molecule is CCn1ncc(Br)c1C(N)CSc1ccccc1C. The summed E-state index contributed by atoms with van der Waals surface area (Å²) in [6.07, 6.45) is 1.82. The smallest absolute Gasteiger partial charge is 0.0701 e. The number of rotatable bonds is 5. The van der Waals surface area contributed by atoms with Gasteiger partial charge in [0.1, 0.15) is 0 Å². The van der Waals surface area contributed by atoms with E-state index < -0.39 is 0 Å². The van der Waals surface area contributed by atoms with Gasteiger partial charge in [0.25, 0.3) is 0 Å². The summed E-state index contributed by atoms with van der Waals surface area (Å²) in [6, 6.07) is 8.36. The Bertz CT molecular complexity index is 553. The molecule has 0 aliphatic rings. The van der Waals surface area contributed by atoms with Crippen molar-refractivity contribution in [3.63, 3.8) is 0 Å². The van der Waals surface area contributed by atoms with Crippen LogP contribution in [0.15, 0.2) is 39.8 Å². The van der Waals surface area contributed by atoms with E-state index in [2.05, 4.69) is 59.1 Å². The molecular formula is C14H18BrN3S. The molecule has 0 aliphatic heterocycles. The maximum Gasteiger partial charge on any atom is 0.0701 e. The molecule has 1 unspecified atom stereocenters. The summed E-state index contributed by atoms with van der Waals surface area (Å²) in [5, 5.41) is 4.31. The number of nitrogens with two attached hydrogens (primary N) is 1. The predicted octanol–water partition coefficient (Wildman–Crippen LogP) is 3.77. The Morgan fingerprint density at radius 2 is 2.16 bits per heavy atom. The number of nitrogens with zero attached hydrogens (tertiary/aromatic N) is 2. The highest BCUT2D eigenvalue weighted by Gasteiger charge is 2.16. The molecule has 0 spiro atoms. The van der Waals surface area contributed by atoms with Gasteiger partial charge in [-0.25, -0.2) is 0 Å². The van der Waals surface area contributed by atoms with E-state index in [9.17, 15) is 0 Å². The van der Waals surface area contributed by atoms with Crippen LogP contribution in [0.3, 0.4) is 0 Å². The van der Waals surface area contributed by atoms with Crippen LogP contribution in [0.2, 0.25) is 0 Å².